The van der Waals surface area contributed by atoms with Crippen molar-refractivity contribution in [2.75, 3.05) is 33.4 Å². The lowest BCUT2D eigenvalue weighted by Gasteiger charge is -2.15. The molecule has 0 atom stereocenters. The molecule has 2 heterocycles. The quantitative estimate of drug-likeness (QED) is 0.173. The molecule has 0 bridgehead atoms. The second-order valence-electron chi connectivity index (χ2n) is 7.41. The third-order valence-corrected chi connectivity index (χ3v) is 4.98. The van der Waals surface area contributed by atoms with Gasteiger partial charge >= 0.3 is 0 Å². The summed E-state index contributed by atoms with van der Waals surface area (Å²) in [7, 11) is 1.78. The molecule has 0 fully saturated rings. The molecule has 32 heavy (non-hydrogen) atoms. The number of benzene rings is 1. The van der Waals surface area contributed by atoms with Gasteiger partial charge in [0.05, 0.1) is 12.3 Å². The molecular formula is C24H34IN5O2. The number of fused-ring (bicyclic) bond motifs is 1. The van der Waals surface area contributed by atoms with E-state index in [4.69, 9.17) is 14.5 Å². The summed E-state index contributed by atoms with van der Waals surface area (Å²) in [6.45, 7) is 9.31. The van der Waals surface area contributed by atoms with Crippen LogP contribution < -0.4 is 15.4 Å². The Hall–Kier alpha value is -2.33. The lowest BCUT2D eigenvalue weighted by Crippen LogP contribution is -2.38. The minimum absolute atomic E-state index is 0. The molecule has 0 aliphatic rings. The summed E-state index contributed by atoms with van der Waals surface area (Å²) in [4.78, 5) is 9.06. The fourth-order valence-electron chi connectivity index (χ4n) is 3.33. The van der Waals surface area contributed by atoms with E-state index >= 15 is 0 Å². The van der Waals surface area contributed by atoms with Crippen LogP contribution in [0.3, 0.4) is 0 Å². The molecular weight excluding hydrogens is 517 g/mol. The number of nitrogens with zero attached hydrogens (tertiary/aromatic N) is 3. The van der Waals surface area contributed by atoms with Gasteiger partial charge in [-0.1, -0.05) is 18.2 Å². The number of rotatable bonds is 10. The zero-order valence-electron chi connectivity index (χ0n) is 19.4. The second-order valence-corrected chi connectivity index (χ2v) is 7.41. The van der Waals surface area contributed by atoms with Crippen molar-refractivity contribution in [3.63, 3.8) is 0 Å². The zero-order chi connectivity index (χ0) is 22.1. The van der Waals surface area contributed by atoms with E-state index in [-0.39, 0.29) is 24.0 Å². The van der Waals surface area contributed by atoms with Crippen molar-refractivity contribution in [1.29, 1.82) is 0 Å². The maximum absolute atomic E-state index is 5.93. The molecule has 8 heteroatoms. The van der Waals surface area contributed by atoms with Crippen molar-refractivity contribution in [3.8, 4) is 5.75 Å². The zero-order valence-corrected chi connectivity index (χ0v) is 21.7. The van der Waals surface area contributed by atoms with E-state index in [2.05, 4.69) is 64.3 Å². The third kappa shape index (κ3) is 7.37. The maximum atomic E-state index is 5.93. The van der Waals surface area contributed by atoms with Gasteiger partial charge < -0.3 is 24.5 Å². The molecule has 2 N–H and O–H groups in total. The highest BCUT2D eigenvalue weighted by Gasteiger charge is 2.07. The average molecular weight is 551 g/mol. The number of hydrogen-bond donors (Lipinski definition) is 2. The molecule has 0 unspecified atom stereocenters. The van der Waals surface area contributed by atoms with Gasteiger partial charge in [-0.25, -0.2) is 4.98 Å². The third-order valence-electron chi connectivity index (χ3n) is 4.98. The first-order valence-electron chi connectivity index (χ1n) is 10.8. The van der Waals surface area contributed by atoms with Gasteiger partial charge in [-0.15, -0.1) is 24.0 Å². The van der Waals surface area contributed by atoms with Crippen molar-refractivity contribution >= 4 is 35.6 Å². The van der Waals surface area contributed by atoms with Crippen LogP contribution in [-0.2, 0) is 17.7 Å². The van der Waals surface area contributed by atoms with Gasteiger partial charge in [-0.05, 0) is 44.0 Å². The SMILES string of the molecule is CCOCCOc1cc(C)ccc1CNC(=NC)NCCc1cn2cccc(C)c2n1.I. The van der Waals surface area contributed by atoms with Crippen molar-refractivity contribution in [3.05, 3.63) is 65.1 Å². The molecule has 2 aromatic heterocycles. The van der Waals surface area contributed by atoms with Crippen molar-refractivity contribution in [1.82, 2.24) is 20.0 Å². The first-order chi connectivity index (χ1) is 15.1. The standard InChI is InChI=1S/C24H33N5O2.HI/c1-5-30-13-14-31-22-15-18(2)8-9-20(22)16-27-24(25-4)26-11-10-21-17-29-12-6-7-19(3)23(29)28-21;/h6-9,12,15,17H,5,10-11,13-14,16H2,1-4H3,(H2,25,26,27);1H. The predicted octanol–water partition coefficient (Wildman–Crippen LogP) is 3.89. The van der Waals surface area contributed by atoms with Gasteiger partial charge in [-0.3, -0.25) is 4.99 Å². The van der Waals surface area contributed by atoms with Crippen LogP contribution in [0.4, 0.5) is 0 Å². The van der Waals surface area contributed by atoms with Gasteiger partial charge in [0.25, 0.3) is 0 Å². The fourth-order valence-corrected chi connectivity index (χ4v) is 3.33. The highest BCUT2D eigenvalue weighted by molar-refractivity contribution is 14.0. The number of imidazole rings is 1. The van der Waals surface area contributed by atoms with E-state index in [1.807, 2.05) is 19.2 Å². The van der Waals surface area contributed by atoms with Crippen LogP contribution in [-0.4, -0.2) is 48.8 Å². The topological polar surface area (TPSA) is 72.2 Å². The number of ether oxygens (including phenoxy) is 2. The van der Waals surface area contributed by atoms with Crippen LogP contribution in [0.2, 0.25) is 0 Å². The van der Waals surface area contributed by atoms with Gasteiger partial charge in [0.1, 0.15) is 18.0 Å². The summed E-state index contributed by atoms with van der Waals surface area (Å²) in [5.41, 5.74) is 5.50. The van der Waals surface area contributed by atoms with E-state index in [0.29, 0.717) is 26.4 Å². The Bertz CT molecular complexity index is 1020. The number of aromatic nitrogens is 2. The van der Waals surface area contributed by atoms with E-state index in [0.717, 1.165) is 41.6 Å². The molecule has 3 aromatic rings. The van der Waals surface area contributed by atoms with Crippen molar-refractivity contribution < 1.29 is 9.47 Å². The minimum atomic E-state index is 0. The van der Waals surface area contributed by atoms with Gasteiger partial charge in [0.15, 0.2) is 5.96 Å². The number of aryl methyl sites for hydroxylation is 2. The minimum Gasteiger partial charge on any atom is -0.491 e. The lowest BCUT2D eigenvalue weighted by molar-refractivity contribution is 0.110. The van der Waals surface area contributed by atoms with Crippen LogP contribution in [0.1, 0.15) is 29.3 Å². The summed E-state index contributed by atoms with van der Waals surface area (Å²) in [6.07, 6.45) is 4.93. The van der Waals surface area contributed by atoms with E-state index in [1.165, 1.54) is 11.1 Å². The van der Waals surface area contributed by atoms with E-state index in [1.54, 1.807) is 7.05 Å². The molecule has 174 valence electrons. The first kappa shape index (κ1) is 25.9. The van der Waals surface area contributed by atoms with Gasteiger partial charge in [-0.2, -0.15) is 0 Å². The highest BCUT2D eigenvalue weighted by atomic mass is 127. The van der Waals surface area contributed by atoms with E-state index in [9.17, 15) is 0 Å². The molecule has 3 rings (SSSR count). The number of pyridine rings is 1. The molecule has 0 saturated carbocycles. The Labute approximate surface area is 207 Å². The summed E-state index contributed by atoms with van der Waals surface area (Å²) in [5, 5.41) is 6.74. The molecule has 0 amide bonds. The summed E-state index contributed by atoms with van der Waals surface area (Å²) < 4.78 is 13.4. The average Bonchev–Trinajstić information content (AvgIpc) is 3.19. The molecule has 0 aliphatic heterocycles. The Balaban J connectivity index is 0.00000363. The van der Waals surface area contributed by atoms with Crippen molar-refractivity contribution in [2.45, 2.75) is 33.7 Å². The fraction of sp³-hybridized carbons (Fsp3) is 0.417. The van der Waals surface area contributed by atoms with Crippen LogP contribution in [0, 0.1) is 13.8 Å². The number of halogens is 1. The first-order valence-corrected chi connectivity index (χ1v) is 10.8. The van der Waals surface area contributed by atoms with Gasteiger partial charge in [0.2, 0.25) is 0 Å². The summed E-state index contributed by atoms with van der Waals surface area (Å²) in [6, 6.07) is 10.4. The Morgan fingerprint density at radius 1 is 1.16 bits per heavy atom. The van der Waals surface area contributed by atoms with Crippen LogP contribution in [0.15, 0.2) is 47.7 Å². The number of nitrogens with one attached hydrogen (secondary N) is 2. The molecule has 0 aliphatic carbocycles. The molecule has 0 spiro atoms. The Morgan fingerprint density at radius 3 is 2.75 bits per heavy atom. The summed E-state index contributed by atoms with van der Waals surface area (Å²) in [5.74, 6) is 1.63. The predicted molar refractivity (Wildman–Crippen MR) is 140 cm³/mol. The summed E-state index contributed by atoms with van der Waals surface area (Å²) >= 11 is 0. The smallest absolute Gasteiger partial charge is 0.191 e. The number of hydrogen-bond acceptors (Lipinski definition) is 4. The normalized spacial score (nSPS) is 11.3. The van der Waals surface area contributed by atoms with Crippen LogP contribution in [0.5, 0.6) is 5.75 Å². The number of aliphatic imine (C=N–C) groups is 1. The Morgan fingerprint density at radius 2 is 2.00 bits per heavy atom. The van der Waals surface area contributed by atoms with Gasteiger partial charge in [0, 0.05) is 51.1 Å². The largest absolute Gasteiger partial charge is 0.491 e. The second kappa shape index (κ2) is 13.3. The Kier molecular flexibility index (Phi) is 10.8. The van der Waals surface area contributed by atoms with Crippen LogP contribution in [0.25, 0.3) is 5.65 Å². The van der Waals surface area contributed by atoms with Crippen molar-refractivity contribution in [2.24, 2.45) is 4.99 Å². The van der Waals surface area contributed by atoms with E-state index < -0.39 is 0 Å². The highest BCUT2D eigenvalue weighted by Crippen LogP contribution is 2.20. The maximum Gasteiger partial charge on any atom is 0.191 e. The monoisotopic (exact) mass is 551 g/mol. The molecule has 1 aromatic carbocycles. The number of guanidine groups is 1. The lowest BCUT2D eigenvalue weighted by atomic mass is 10.1. The molecule has 7 nitrogen and oxygen atoms in total. The molecule has 0 radical (unpaired) electrons. The van der Waals surface area contributed by atoms with Crippen LogP contribution >= 0.6 is 24.0 Å². The molecule has 0 saturated heterocycles.